The summed E-state index contributed by atoms with van der Waals surface area (Å²) in [4.78, 5) is 42.5. The van der Waals surface area contributed by atoms with Gasteiger partial charge in [0.1, 0.15) is 11.2 Å². The molecule has 0 bridgehead atoms. The third kappa shape index (κ3) is 3.94. The van der Waals surface area contributed by atoms with Crippen molar-refractivity contribution in [2.75, 3.05) is 20.6 Å². The van der Waals surface area contributed by atoms with Crippen molar-refractivity contribution in [2.45, 2.75) is 37.9 Å². The molecular weight excluding hydrogens is 354 g/mol. The van der Waals surface area contributed by atoms with E-state index in [-0.39, 0.29) is 36.0 Å². The molecule has 2 atom stereocenters. The van der Waals surface area contributed by atoms with Gasteiger partial charge in [-0.05, 0) is 31.3 Å². The Kier molecular flexibility index (Phi) is 5.67. The molecular formula is C17H23N5O3S. The van der Waals surface area contributed by atoms with E-state index in [4.69, 9.17) is 0 Å². The minimum atomic E-state index is -0.215. The summed E-state index contributed by atoms with van der Waals surface area (Å²) in [5.41, 5.74) is 0.468. The molecule has 0 aliphatic carbocycles. The summed E-state index contributed by atoms with van der Waals surface area (Å²) in [5, 5.41) is 7.36. The van der Waals surface area contributed by atoms with Crippen molar-refractivity contribution in [1.29, 1.82) is 0 Å². The molecule has 1 saturated heterocycles. The number of amides is 2. The van der Waals surface area contributed by atoms with Crippen LogP contribution in [0.15, 0.2) is 22.6 Å². The molecule has 140 valence electrons. The highest BCUT2D eigenvalue weighted by atomic mass is 32.1. The highest BCUT2D eigenvalue weighted by Crippen LogP contribution is 2.24. The van der Waals surface area contributed by atoms with E-state index in [0.717, 1.165) is 12.8 Å². The number of aromatic nitrogens is 2. The third-order valence-corrected chi connectivity index (χ3v) is 5.86. The number of hydrogen-bond donors (Lipinski definition) is 2. The summed E-state index contributed by atoms with van der Waals surface area (Å²) in [5.74, 6) is -0.185. The molecule has 9 heteroatoms. The predicted octanol–water partition coefficient (Wildman–Crippen LogP) is 0.173. The van der Waals surface area contributed by atoms with Gasteiger partial charge in [0.25, 0.3) is 5.56 Å². The van der Waals surface area contributed by atoms with Gasteiger partial charge in [-0.2, -0.15) is 0 Å². The van der Waals surface area contributed by atoms with Crippen LogP contribution < -0.4 is 16.2 Å². The monoisotopic (exact) mass is 377 g/mol. The smallest absolute Gasteiger partial charge is 0.271 e. The first kappa shape index (κ1) is 18.5. The van der Waals surface area contributed by atoms with Gasteiger partial charge in [-0.25, -0.2) is 4.98 Å². The Morgan fingerprint density at radius 3 is 2.85 bits per heavy atom. The largest absolute Gasteiger partial charge is 0.359 e. The molecule has 0 saturated carbocycles. The maximum absolute atomic E-state index is 12.3. The van der Waals surface area contributed by atoms with Gasteiger partial charge in [-0.1, -0.05) is 0 Å². The van der Waals surface area contributed by atoms with Gasteiger partial charge in [-0.3, -0.25) is 23.9 Å². The van der Waals surface area contributed by atoms with Crippen molar-refractivity contribution >= 4 is 33.4 Å². The summed E-state index contributed by atoms with van der Waals surface area (Å²) in [7, 11) is 3.62. The Morgan fingerprint density at radius 2 is 2.08 bits per heavy atom. The molecule has 2 aromatic heterocycles. The van der Waals surface area contributed by atoms with E-state index in [9.17, 15) is 14.4 Å². The molecule has 3 heterocycles. The highest BCUT2D eigenvalue weighted by Gasteiger charge is 2.31. The first-order chi connectivity index (χ1) is 12.5. The second-order valence-corrected chi connectivity index (χ2v) is 7.46. The number of fused-ring (bicyclic) bond motifs is 1. The third-order valence-electron chi connectivity index (χ3n) is 4.97. The number of carbonyl (C=O) groups excluding carboxylic acids is 2. The number of hydrogen-bond acceptors (Lipinski definition) is 6. The minimum Gasteiger partial charge on any atom is -0.359 e. The standard InChI is InChI=1S/C17H23N5O3S/c1-18-14(23)7-11-3-4-12(21(11)2)8-19-15(24)9-22-10-20-13-5-6-26-16(13)17(22)25/h5-6,10-12H,3-4,7-9H2,1-2H3,(H,18,23)(H,19,24)/t11-,12+/m1/s1. The van der Waals surface area contributed by atoms with E-state index < -0.39 is 0 Å². The second-order valence-electron chi connectivity index (χ2n) is 6.54. The molecule has 3 rings (SSSR count). The molecule has 1 fully saturated rings. The van der Waals surface area contributed by atoms with Crippen LogP contribution in [0, 0.1) is 0 Å². The molecule has 8 nitrogen and oxygen atoms in total. The molecule has 1 aliphatic rings. The maximum Gasteiger partial charge on any atom is 0.271 e. The zero-order chi connectivity index (χ0) is 18.7. The van der Waals surface area contributed by atoms with Crippen molar-refractivity contribution in [1.82, 2.24) is 25.1 Å². The summed E-state index contributed by atoms with van der Waals surface area (Å²) >= 11 is 1.33. The van der Waals surface area contributed by atoms with E-state index in [1.807, 2.05) is 12.4 Å². The van der Waals surface area contributed by atoms with Gasteiger partial charge >= 0.3 is 0 Å². The Labute approximate surface area is 155 Å². The number of carbonyl (C=O) groups is 2. The van der Waals surface area contributed by atoms with Crippen molar-refractivity contribution in [2.24, 2.45) is 0 Å². The normalized spacial score (nSPS) is 20.4. The Bertz CT molecular complexity index is 861. The number of nitrogens with zero attached hydrogens (tertiary/aromatic N) is 3. The van der Waals surface area contributed by atoms with Gasteiger partial charge in [0.2, 0.25) is 11.8 Å². The lowest BCUT2D eigenvalue weighted by Crippen LogP contribution is -2.43. The van der Waals surface area contributed by atoms with Crippen molar-refractivity contribution in [3.8, 4) is 0 Å². The predicted molar refractivity (Wildman–Crippen MR) is 100 cm³/mol. The lowest BCUT2D eigenvalue weighted by molar-refractivity contribution is -0.123. The average molecular weight is 377 g/mol. The van der Waals surface area contributed by atoms with Crippen LogP contribution in [0.2, 0.25) is 0 Å². The van der Waals surface area contributed by atoms with Crippen LogP contribution in [-0.4, -0.2) is 59.0 Å². The van der Waals surface area contributed by atoms with E-state index >= 15 is 0 Å². The number of rotatable bonds is 6. The number of likely N-dealkylation sites (tertiary alicyclic amines) is 1. The van der Waals surface area contributed by atoms with E-state index in [1.54, 1.807) is 13.1 Å². The van der Waals surface area contributed by atoms with Gasteiger partial charge in [0.15, 0.2) is 0 Å². The zero-order valence-corrected chi connectivity index (χ0v) is 15.7. The summed E-state index contributed by atoms with van der Waals surface area (Å²) in [6, 6.07) is 2.19. The van der Waals surface area contributed by atoms with Crippen LogP contribution in [-0.2, 0) is 16.1 Å². The molecule has 0 radical (unpaired) electrons. The molecule has 0 aromatic carbocycles. The average Bonchev–Trinajstić information content (AvgIpc) is 3.24. The number of nitrogens with one attached hydrogen (secondary N) is 2. The molecule has 1 aliphatic heterocycles. The van der Waals surface area contributed by atoms with Crippen molar-refractivity contribution in [3.05, 3.63) is 28.1 Å². The fraction of sp³-hybridized carbons (Fsp3) is 0.529. The Hall–Kier alpha value is -2.26. The van der Waals surface area contributed by atoms with Crippen LogP contribution in [0.3, 0.4) is 0 Å². The quantitative estimate of drug-likeness (QED) is 0.748. The van der Waals surface area contributed by atoms with Gasteiger partial charge in [0.05, 0.1) is 11.8 Å². The van der Waals surface area contributed by atoms with E-state index in [1.165, 1.54) is 22.2 Å². The van der Waals surface area contributed by atoms with Gasteiger partial charge in [0, 0.05) is 32.1 Å². The van der Waals surface area contributed by atoms with Gasteiger partial charge in [-0.15, -0.1) is 11.3 Å². The SMILES string of the molecule is CNC(=O)C[C@H]1CC[C@@H](CNC(=O)Cn2cnc3ccsc3c2=O)N1C. The van der Waals surface area contributed by atoms with Gasteiger partial charge < -0.3 is 10.6 Å². The van der Waals surface area contributed by atoms with Crippen LogP contribution in [0.4, 0.5) is 0 Å². The van der Waals surface area contributed by atoms with Crippen LogP contribution in [0.1, 0.15) is 19.3 Å². The summed E-state index contributed by atoms with van der Waals surface area (Å²) in [6.45, 7) is 0.459. The van der Waals surface area contributed by atoms with Crippen LogP contribution in [0.25, 0.3) is 10.2 Å². The number of likely N-dealkylation sites (N-methyl/N-ethyl adjacent to an activating group) is 1. The summed E-state index contributed by atoms with van der Waals surface area (Å²) in [6.07, 6.45) is 3.75. The zero-order valence-electron chi connectivity index (χ0n) is 14.9. The lowest BCUT2D eigenvalue weighted by Gasteiger charge is -2.25. The maximum atomic E-state index is 12.3. The molecule has 2 amide bonds. The highest BCUT2D eigenvalue weighted by molar-refractivity contribution is 7.17. The molecule has 2 N–H and O–H groups in total. The molecule has 0 unspecified atom stereocenters. The van der Waals surface area contributed by atoms with Crippen molar-refractivity contribution in [3.63, 3.8) is 0 Å². The fourth-order valence-corrected chi connectivity index (χ4v) is 4.12. The van der Waals surface area contributed by atoms with Crippen molar-refractivity contribution < 1.29 is 9.59 Å². The topological polar surface area (TPSA) is 96.3 Å². The molecule has 2 aromatic rings. The number of thiophene rings is 1. The fourth-order valence-electron chi connectivity index (χ4n) is 3.33. The van der Waals surface area contributed by atoms with E-state index in [0.29, 0.717) is 23.2 Å². The second kappa shape index (κ2) is 7.96. The van der Waals surface area contributed by atoms with E-state index in [2.05, 4.69) is 20.5 Å². The molecule has 0 spiro atoms. The first-order valence-corrected chi connectivity index (χ1v) is 9.49. The molecule has 26 heavy (non-hydrogen) atoms. The summed E-state index contributed by atoms with van der Waals surface area (Å²) < 4.78 is 1.90. The first-order valence-electron chi connectivity index (χ1n) is 8.61. The van der Waals surface area contributed by atoms with Crippen LogP contribution in [0.5, 0.6) is 0 Å². The lowest BCUT2D eigenvalue weighted by atomic mass is 10.1. The Balaban J connectivity index is 1.53. The minimum absolute atomic E-state index is 0.0300. The van der Waals surface area contributed by atoms with Crippen LogP contribution >= 0.6 is 11.3 Å². The Morgan fingerprint density at radius 1 is 1.31 bits per heavy atom.